The Hall–Kier alpha value is -3.00. The molecule has 0 bridgehead atoms. The molecule has 0 aliphatic heterocycles. The van der Waals surface area contributed by atoms with Crippen molar-refractivity contribution in [2.45, 2.75) is 26.1 Å². The Bertz CT molecular complexity index is 890. The van der Waals surface area contributed by atoms with Crippen LogP contribution in [0.25, 0.3) is 6.08 Å². The molecule has 2 aromatic rings. The van der Waals surface area contributed by atoms with E-state index in [9.17, 15) is 24.9 Å². The summed E-state index contributed by atoms with van der Waals surface area (Å²) in [6.45, 7) is 1.65. The number of hydrogen-bond donors (Lipinski definition) is 3. The fourth-order valence-corrected chi connectivity index (χ4v) is 2.54. The third-order valence-corrected chi connectivity index (χ3v) is 4.34. The van der Waals surface area contributed by atoms with E-state index < -0.39 is 36.7 Å². The van der Waals surface area contributed by atoms with E-state index in [1.165, 1.54) is 24.3 Å². The van der Waals surface area contributed by atoms with Gasteiger partial charge in [0, 0.05) is 11.6 Å². The summed E-state index contributed by atoms with van der Waals surface area (Å²) in [5.74, 6) is -1.71. The highest BCUT2D eigenvalue weighted by molar-refractivity contribution is 5.87. The highest BCUT2D eigenvalue weighted by atomic mass is 16.5. The minimum absolute atomic E-state index is 0.0207. The van der Waals surface area contributed by atoms with Crippen LogP contribution in [0.4, 0.5) is 0 Å². The van der Waals surface area contributed by atoms with E-state index in [2.05, 4.69) is 0 Å². The van der Waals surface area contributed by atoms with Crippen molar-refractivity contribution in [2.24, 2.45) is 5.92 Å². The summed E-state index contributed by atoms with van der Waals surface area (Å²) < 4.78 is 10.4. The molecule has 30 heavy (non-hydrogen) atoms. The second-order valence-electron chi connectivity index (χ2n) is 7.11. The van der Waals surface area contributed by atoms with Crippen LogP contribution in [0.2, 0.25) is 0 Å². The minimum Gasteiger partial charge on any atom is -0.459 e. The van der Waals surface area contributed by atoms with Crippen LogP contribution in [-0.2, 0) is 26.5 Å². The standard InChI is InChI=1S/C23H26O7/c1-16(2)22(27)30-20-12-18(13-24)8-10-19(20)23(28,14-25)15-29-21(26)11-9-17-6-4-3-5-7-17/h3-12,16,24-25,28H,13-15H2,1-2H3/b11-9+. The summed E-state index contributed by atoms with van der Waals surface area (Å²) in [5, 5.41) is 30.1. The molecule has 0 spiro atoms. The summed E-state index contributed by atoms with van der Waals surface area (Å²) in [5.41, 5.74) is -0.685. The highest BCUT2D eigenvalue weighted by Gasteiger charge is 2.34. The number of aliphatic hydroxyl groups excluding tert-OH is 2. The fourth-order valence-electron chi connectivity index (χ4n) is 2.54. The zero-order valence-corrected chi connectivity index (χ0v) is 16.9. The van der Waals surface area contributed by atoms with Gasteiger partial charge in [0.15, 0.2) is 5.60 Å². The van der Waals surface area contributed by atoms with Crippen molar-refractivity contribution in [1.82, 2.24) is 0 Å². The number of carbonyl (C=O) groups is 2. The topological polar surface area (TPSA) is 113 Å². The van der Waals surface area contributed by atoms with E-state index in [1.807, 2.05) is 30.3 Å². The van der Waals surface area contributed by atoms with Gasteiger partial charge < -0.3 is 24.8 Å². The Balaban J connectivity index is 2.20. The number of rotatable bonds is 9. The van der Waals surface area contributed by atoms with E-state index in [-0.39, 0.29) is 17.9 Å². The van der Waals surface area contributed by atoms with Crippen LogP contribution in [0.5, 0.6) is 5.75 Å². The summed E-state index contributed by atoms with van der Waals surface area (Å²) in [6, 6.07) is 13.4. The number of ether oxygens (including phenoxy) is 2. The maximum atomic E-state index is 12.0. The predicted octanol–water partition coefficient (Wildman–Crippen LogP) is 2.18. The van der Waals surface area contributed by atoms with Gasteiger partial charge in [-0.25, -0.2) is 4.79 Å². The lowest BCUT2D eigenvalue weighted by Gasteiger charge is -2.28. The van der Waals surface area contributed by atoms with Crippen LogP contribution in [0.15, 0.2) is 54.6 Å². The first-order valence-electron chi connectivity index (χ1n) is 9.48. The third kappa shape index (κ3) is 6.25. The lowest BCUT2D eigenvalue weighted by Crippen LogP contribution is -2.37. The zero-order valence-electron chi connectivity index (χ0n) is 16.9. The Morgan fingerprint density at radius 2 is 1.80 bits per heavy atom. The van der Waals surface area contributed by atoms with Crippen molar-refractivity contribution in [3.05, 3.63) is 71.3 Å². The SMILES string of the molecule is CC(C)C(=O)Oc1cc(CO)ccc1C(O)(CO)COC(=O)/C=C/c1ccccc1. The minimum atomic E-state index is -2.00. The molecule has 0 aliphatic rings. The van der Waals surface area contributed by atoms with E-state index in [0.29, 0.717) is 5.56 Å². The molecule has 0 saturated heterocycles. The summed E-state index contributed by atoms with van der Waals surface area (Å²) in [4.78, 5) is 24.1. The number of carbonyl (C=O) groups excluding carboxylic acids is 2. The van der Waals surface area contributed by atoms with Crippen LogP contribution in [0.1, 0.15) is 30.5 Å². The molecule has 1 atom stereocenters. The van der Waals surface area contributed by atoms with Gasteiger partial charge in [0.25, 0.3) is 0 Å². The van der Waals surface area contributed by atoms with E-state index in [1.54, 1.807) is 19.9 Å². The first-order valence-corrected chi connectivity index (χ1v) is 9.48. The monoisotopic (exact) mass is 414 g/mol. The van der Waals surface area contributed by atoms with Gasteiger partial charge in [0.2, 0.25) is 0 Å². The fraction of sp³-hybridized carbons (Fsp3) is 0.304. The number of esters is 2. The van der Waals surface area contributed by atoms with Crippen molar-refractivity contribution in [2.75, 3.05) is 13.2 Å². The lowest BCUT2D eigenvalue weighted by atomic mass is 9.93. The van der Waals surface area contributed by atoms with Gasteiger partial charge in [0.1, 0.15) is 12.4 Å². The van der Waals surface area contributed by atoms with E-state index in [4.69, 9.17) is 9.47 Å². The Kier molecular flexibility index (Phi) is 8.29. The Labute approximate surface area is 175 Å². The number of hydrogen-bond acceptors (Lipinski definition) is 7. The maximum Gasteiger partial charge on any atom is 0.330 e. The molecule has 160 valence electrons. The Morgan fingerprint density at radius 3 is 2.40 bits per heavy atom. The van der Waals surface area contributed by atoms with Crippen molar-refractivity contribution in [3.63, 3.8) is 0 Å². The molecule has 0 saturated carbocycles. The summed E-state index contributed by atoms with van der Waals surface area (Å²) in [7, 11) is 0. The highest BCUT2D eigenvalue weighted by Crippen LogP contribution is 2.32. The molecule has 0 aromatic heterocycles. The molecule has 2 rings (SSSR count). The van der Waals surface area contributed by atoms with Gasteiger partial charge in [-0.05, 0) is 23.3 Å². The van der Waals surface area contributed by atoms with Gasteiger partial charge in [-0.1, -0.05) is 56.3 Å². The van der Waals surface area contributed by atoms with Crippen molar-refractivity contribution < 1.29 is 34.4 Å². The predicted molar refractivity (Wildman–Crippen MR) is 110 cm³/mol. The average Bonchev–Trinajstić information content (AvgIpc) is 2.76. The second kappa shape index (κ2) is 10.7. The third-order valence-electron chi connectivity index (χ3n) is 4.34. The van der Waals surface area contributed by atoms with Crippen LogP contribution >= 0.6 is 0 Å². The zero-order chi connectivity index (χ0) is 22.1. The molecule has 2 aromatic carbocycles. The van der Waals surface area contributed by atoms with Crippen LogP contribution in [0, 0.1) is 5.92 Å². The maximum absolute atomic E-state index is 12.0. The van der Waals surface area contributed by atoms with Crippen molar-refractivity contribution in [3.8, 4) is 5.75 Å². The van der Waals surface area contributed by atoms with Gasteiger partial charge in [-0.15, -0.1) is 0 Å². The molecule has 0 aliphatic carbocycles. The van der Waals surface area contributed by atoms with Gasteiger partial charge in [-0.3, -0.25) is 4.79 Å². The molecule has 3 N–H and O–H groups in total. The lowest BCUT2D eigenvalue weighted by molar-refractivity contribution is -0.150. The molecular weight excluding hydrogens is 388 g/mol. The van der Waals surface area contributed by atoms with Crippen molar-refractivity contribution >= 4 is 18.0 Å². The second-order valence-corrected chi connectivity index (χ2v) is 7.11. The molecule has 0 heterocycles. The van der Waals surface area contributed by atoms with Crippen LogP contribution in [-0.4, -0.2) is 40.5 Å². The van der Waals surface area contributed by atoms with Crippen LogP contribution in [0.3, 0.4) is 0 Å². The molecule has 1 unspecified atom stereocenters. The molecule has 0 radical (unpaired) electrons. The summed E-state index contributed by atoms with van der Waals surface area (Å²) in [6.07, 6.45) is 2.77. The van der Waals surface area contributed by atoms with Gasteiger partial charge in [0.05, 0.1) is 19.1 Å². The van der Waals surface area contributed by atoms with Crippen LogP contribution < -0.4 is 4.74 Å². The smallest absolute Gasteiger partial charge is 0.330 e. The van der Waals surface area contributed by atoms with Gasteiger partial charge in [-0.2, -0.15) is 0 Å². The first kappa shape index (κ1) is 23.3. The van der Waals surface area contributed by atoms with E-state index in [0.717, 1.165) is 5.56 Å². The largest absolute Gasteiger partial charge is 0.459 e. The Morgan fingerprint density at radius 1 is 1.10 bits per heavy atom. The molecular formula is C23H26O7. The quantitative estimate of drug-likeness (QED) is 0.327. The average molecular weight is 414 g/mol. The number of benzene rings is 2. The normalized spacial score (nSPS) is 13.3. The van der Waals surface area contributed by atoms with Gasteiger partial charge >= 0.3 is 11.9 Å². The summed E-state index contributed by atoms with van der Waals surface area (Å²) >= 11 is 0. The molecule has 0 fully saturated rings. The number of aliphatic hydroxyl groups is 3. The molecule has 7 heteroatoms. The van der Waals surface area contributed by atoms with E-state index >= 15 is 0 Å². The van der Waals surface area contributed by atoms with Crippen molar-refractivity contribution in [1.29, 1.82) is 0 Å². The first-order chi connectivity index (χ1) is 14.3. The molecule has 7 nitrogen and oxygen atoms in total. The molecule has 0 amide bonds.